The van der Waals surface area contributed by atoms with Crippen molar-refractivity contribution in [2.45, 2.75) is 44.4 Å². The molecule has 1 saturated heterocycles. The molecule has 4 nitrogen and oxygen atoms in total. The molecule has 4 heteroatoms. The summed E-state index contributed by atoms with van der Waals surface area (Å²) in [4.78, 5) is 2.58. The third-order valence-corrected chi connectivity index (χ3v) is 6.53. The number of fused-ring (bicyclic) bond motifs is 1. The van der Waals surface area contributed by atoms with Gasteiger partial charge in [0.2, 0.25) is 0 Å². The predicted molar refractivity (Wildman–Crippen MR) is 120 cm³/mol. The van der Waals surface area contributed by atoms with Crippen LogP contribution in [0.25, 0.3) is 0 Å². The maximum Gasteiger partial charge on any atom is 0.120 e. The average Bonchev–Trinajstić information content (AvgIpc) is 2.79. The van der Waals surface area contributed by atoms with Gasteiger partial charge in [0.25, 0.3) is 0 Å². The molecule has 2 aliphatic rings. The van der Waals surface area contributed by atoms with Gasteiger partial charge in [-0.1, -0.05) is 18.6 Å². The highest BCUT2D eigenvalue weighted by Gasteiger charge is 2.23. The van der Waals surface area contributed by atoms with Crippen LogP contribution < -0.4 is 14.8 Å². The fourth-order valence-electron chi connectivity index (χ4n) is 4.83. The summed E-state index contributed by atoms with van der Waals surface area (Å²) in [5.74, 6) is 2.43. The number of rotatable bonds is 7. The van der Waals surface area contributed by atoms with Gasteiger partial charge >= 0.3 is 0 Å². The molecule has 29 heavy (non-hydrogen) atoms. The zero-order chi connectivity index (χ0) is 20.1. The topological polar surface area (TPSA) is 33.7 Å². The molecule has 4 rings (SSSR count). The number of piperidine rings is 1. The van der Waals surface area contributed by atoms with E-state index in [2.05, 4.69) is 46.6 Å². The van der Waals surface area contributed by atoms with Gasteiger partial charge in [0, 0.05) is 24.8 Å². The Labute approximate surface area is 175 Å². The average molecular weight is 395 g/mol. The molecule has 2 aromatic carbocycles. The highest BCUT2D eigenvalue weighted by Crippen LogP contribution is 2.38. The van der Waals surface area contributed by atoms with Crippen LogP contribution in [0.1, 0.15) is 48.3 Å². The van der Waals surface area contributed by atoms with E-state index in [-0.39, 0.29) is 0 Å². The van der Waals surface area contributed by atoms with Gasteiger partial charge < -0.3 is 19.7 Å². The number of nitrogens with one attached hydrogen (secondary N) is 1. The third-order valence-electron chi connectivity index (χ3n) is 6.53. The zero-order valence-corrected chi connectivity index (χ0v) is 17.9. The number of hydrogen-bond acceptors (Lipinski definition) is 4. The fourth-order valence-corrected chi connectivity index (χ4v) is 4.83. The molecular formula is C25H34N2O2. The SMILES string of the molecule is COc1ccc2c(c1)CCC(c1ccc(OC)cc1NCCN1CCCCC1)C2. The number of methoxy groups -OCH3 is 2. The van der Waals surface area contributed by atoms with E-state index in [4.69, 9.17) is 9.47 Å². The van der Waals surface area contributed by atoms with Crippen LogP contribution in [-0.2, 0) is 12.8 Å². The van der Waals surface area contributed by atoms with E-state index in [9.17, 15) is 0 Å². The normalized spacial score (nSPS) is 19.4. The molecule has 1 heterocycles. The Morgan fingerprint density at radius 3 is 2.48 bits per heavy atom. The zero-order valence-electron chi connectivity index (χ0n) is 17.9. The largest absolute Gasteiger partial charge is 0.497 e. The molecule has 2 aromatic rings. The van der Waals surface area contributed by atoms with Gasteiger partial charge in [-0.05, 0) is 86.0 Å². The second kappa shape index (κ2) is 9.53. The molecule has 0 spiro atoms. The lowest BCUT2D eigenvalue weighted by atomic mass is 9.79. The molecule has 1 aliphatic carbocycles. The van der Waals surface area contributed by atoms with E-state index < -0.39 is 0 Å². The Morgan fingerprint density at radius 2 is 1.69 bits per heavy atom. The molecule has 0 bridgehead atoms. The second-order valence-corrected chi connectivity index (χ2v) is 8.36. The Balaban J connectivity index is 1.47. The van der Waals surface area contributed by atoms with Crippen molar-refractivity contribution in [1.29, 1.82) is 0 Å². The number of aryl methyl sites for hydroxylation is 1. The minimum absolute atomic E-state index is 0.541. The van der Waals surface area contributed by atoms with Gasteiger partial charge in [0.1, 0.15) is 11.5 Å². The number of ether oxygens (including phenoxy) is 2. The van der Waals surface area contributed by atoms with Crippen LogP contribution >= 0.6 is 0 Å². The van der Waals surface area contributed by atoms with Crippen LogP contribution in [0, 0.1) is 0 Å². The van der Waals surface area contributed by atoms with Crippen LogP contribution in [0.4, 0.5) is 5.69 Å². The summed E-state index contributed by atoms with van der Waals surface area (Å²) in [6.45, 7) is 4.59. The van der Waals surface area contributed by atoms with Gasteiger partial charge in [0.05, 0.1) is 14.2 Å². The molecule has 0 aromatic heterocycles. The van der Waals surface area contributed by atoms with E-state index in [0.29, 0.717) is 5.92 Å². The Kier molecular flexibility index (Phi) is 6.60. The number of benzene rings is 2. The number of likely N-dealkylation sites (tertiary alicyclic amines) is 1. The van der Waals surface area contributed by atoms with Crippen molar-refractivity contribution in [3.63, 3.8) is 0 Å². The lowest BCUT2D eigenvalue weighted by Gasteiger charge is -2.29. The highest BCUT2D eigenvalue weighted by atomic mass is 16.5. The van der Waals surface area contributed by atoms with Crippen molar-refractivity contribution in [1.82, 2.24) is 4.90 Å². The quantitative estimate of drug-likeness (QED) is 0.726. The smallest absolute Gasteiger partial charge is 0.120 e. The first-order valence-electron chi connectivity index (χ1n) is 11.1. The minimum Gasteiger partial charge on any atom is -0.497 e. The third kappa shape index (κ3) is 4.87. The monoisotopic (exact) mass is 394 g/mol. The van der Waals surface area contributed by atoms with E-state index >= 15 is 0 Å². The van der Waals surface area contributed by atoms with Crippen LogP contribution in [0.2, 0.25) is 0 Å². The molecule has 1 fully saturated rings. The summed E-state index contributed by atoms with van der Waals surface area (Å²) >= 11 is 0. The molecular weight excluding hydrogens is 360 g/mol. The van der Waals surface area contributed by atoms with Gasteiger partial charge in [-0.2, -0.15) is 0 Å². The Bertz CT molecular complexity index is 814. The predicted octanol–water partition coefficient (Wildman–Crippen LogP) is 4.87. The molecule has 1 atom stereocenters. The molecule has 0 amide bonds. The van der Waals surface area contributed by atoms with Crippen LogP contribution in [0.3, 0.4) is 0 Å². The number of nitrogens with zero attached hydrogens (tertiary/aromatic N) is 1. The van der Waals surface area contributed by atoms with E-state index in [1.54, 1.807) is 14.2 Å². The van der Waals surface area contributed by atoms with Crippen LogP contribution in [0.15, 0.2) is 36.4 Å². The van der Waals surface area contributed by atoms with Gasteiger partial charge in [-0.15, -0.1) is 0 Å². The van der Waals surface area contributed by atoms with Crippen molar-refractivity contribution in [2.24, 2.45) is 0 Å². The first-order valence-corrected chi connectivity index (χ1v) is 11.1. The summed E-state index contributed by atoms with van der Waals surface area (Å²) in [5, 5.41) is 3.73. The highest BCUT2D eigenvalue weighted by molar-refractivity contribution is 5.57. The minimum atomic E-state index is 0.541. The summed E-state index contributed by atoms with van der Waals surface area (Å²) in [5.41, 5.74) is 5.56. The summed E-state index contributed by atoms with van der Waals surface area (Å²) < 4.78 is 10.9. The molecule has 0 radical (unpaired) electrons. The second-order valence-electron chi connectivity index (χ2n) is 8.36. The van der Waals surface area contributed by atoms with Gasteiger partial charge in [0.15, 0.2) is 0 Å². The van der Waals surface area contributed by atoms with Crippen molar-refractivity contribution < 1.29 is 9.47 Å². The van der Waals surface area contributed by atoms with Crippen molar-refractivity contribution in [2.75, 3.05) is 45.7 Å². The molecule has 1 unspecified atom stereocenters. The number of hydrogen-bond donors (Lipinski definition) is 1. The molecule has 0 saturated carbocycles. The first-order chi connectivity index (χ1) is 14.3. The Morgan fingerprint density at radius 1 is 0.931 bits per heavy atom. The summed E-state index contributed by atoms with van der Waals surface area (Å²) in [6.07, 6.45) is 7.45. The molecule has 156 valence electrons. The number of anilines is 1. The summed E-state index contributed by atoms with van der Waals surface area (Å²) in [6, 6.07) is 13.1. The first kappa shape index (κ1) is 20.1. The van der Waals surface area contributed by atoms with Crippen molar-refractivity contribution >= 4 is 5.69 Å². The van der Waals surface area contributed by atoms with Crippen molar-refractivity contribution in [3.05, 3.63) is 53.1 Å². The molecule has 1 aliphatic heterocycles. The van der Waals surface area contributed by atoms with Crippen LogP contribution in [-0.4, -0.2) is 45.3 Å². The van der Waals surface area contributed by atoms with Gasteiger partial charge in [-0.25, -0.2) is 0 Å². The van der Waals surface area contributed by atoms with E-state index in [0.717, 1.165) is 37.4 Å². The maximum atomic E-state index is 5.51. The standard InChI is InChI=1S/C25H34N2O2/c1-28-22-9-8-19-16-21(7-6-20(19)17-22)24-11-10-23(29-2)18-25(24)26-12-15-27-13-4-3-5-14-27/h8-11,17-18,21,26H,3-7,12-16H2,1-2H3. The van der Waals surface area contributed by atoms with Crippen LogP contribution in [0.5, 0.6) is 11.5 Å². The molecule has 1 N–H and O–H groups in total. The van der Waals surface area contributed by atoms with Gasteiger partial charge in [-0.3, -0.25) is 0 Å². The van der Waals surface area contributed by atoms with E-state index in [1.807, 2.05) is 0 Å². The Hall–Kier alpha value is -2.20. The lowest BCUT2D eigenvalue weighted by molar-refractivity contribution is 0.237. The maximum absolute atomic E-state index is 5.51. The lowest BCUT2D eigenvalue weighted by Crippen LogP contribution is -2.33. The van der Waals surface area contributed by atoms with Crippen molar-refractivity contribution in [3.8, 4) is 11.5 Å². The summed E-state index contributed by atoms with van der Waals surface area (Å²) in [7, 11) is 3.49. The fraction of sp³-hybridized carbons (Fsp3) is 0.520. The van der Waals surface area contributed by atoms with E-state index in [1.165, 1.54) is 61.2 Å².